The second-order valence-corrected chi connectivity index (χ2v) is 7.20. The van der Waals surface area contributed by atoms with Gasteiger partial charge in [-0.25, -0.2) is 0 Å². The van der Waals surface area contributed by atoms with Crippen molar-refractivity contribution in [2.45, 2.75) is 42.1 Å². The minimum Gasteiger partial charge on any atom is -0.357 e. The van der Waals surface area contributed by atoms with Crippen molar-refractivity contribution >= 4 is 11.8 Å². The van der Waals surface area contributed by atoms with Crippen LogP contribution in [0.15, 0.2) is 65.6 Å². The molecule has 0 saturated carbocycles. The molecule has 1 saturated heterocycles. The van der Waals surface area contributed by atoms with E-state index in [4.69, 9.17) is 4.74 Å². The van der Waals surface area contributed by atoms with Crippen LogP contribution in [0.1, 0.15) is 26.3 Å². The van der Waals surface area contributed by atoms with Crippen molar-refractivity contribution in [3.63, 3.8) is 0 Å². The topological polar surface area (TPSA) is 12.5 Å². The minimum atomic E-state index is -0.186. The normalized spacial score (nSPS) is 25.1. The molecule has 20 heavy (non-hydrogen) atoms. The number of hydrogen-bond donors (Lipinski definition) is 0. The fourth-order valence-electron chi connectivity index (χ4n) is 3.06. The summed E-state index contributed by atoms with van der Waals surface area (Å²) < 4.78 is 6.19. The second kappa shape index (κ2) is 4.94. The Labute approximate surface area is 125 Å². The Hall–Kier alpha value is -1.25. The van der Waals surface area contributed by atoms with E-state index in [1.807, 2.05) is 11.8 Å². The predicted molar refractivity (Wildman–Crippen MR) is 85.0 cm³/mol. The summed E-state index contributed by atoms with van der Waals surface area (Å²) in [6, 6.07) is 21.1. The zero-order chi connectivity index (χ0) is 14.2. The molecule has 0 aromatic heterocycles. The van der Waals surface area contributed by atoms with E-state index in [2.05, 4.69) is 81.4 Å². The Kier molecular flexibility index (Phi) is 3.39. The van der Waals surface area contributed by atoms with E-state index < -0.39 is 0 Å². The first-order chi connectivity index (χ1) is 9.56. The van der Waals surface area contributed by atoms with Crippen molar-refractivity contribution in [1.29, 1.82) is 0 Å². The predicted octanol–water partition coefficient (Wildman–Crippen LogP) is 4.87. The molecule has 1 aliphatic rings. The summed E-state index contributed by atoms with van der Waals surface area (Å²) in [5, 5.41) is 0.363. The summed E-state index contributed by atoms with van der Waals surface area (Å²) in [7, 11) is 0. The van der Waals surface area contributed by atoms with Crippen molar-refractivity contribution in [2.24, 2.45) is 0 Å². The molecule has 0 amide bonds. The standard InChI is InChI=1S/C18H20OS/c1-14(20-16-12-8-5-9-13-16)18(17(2,3)19-18)15-10-6-4-7-11-15/h4-14H,1-3H3/t14-,18?/m0/s1. The van der Waals surface area contributed by atoms with Gasteiger partial charge in [-0.3, -0.25) is 0 Å². The van der Waals surface area contributed by atoms with Gasteiger partial charge in [-0.05, 0) is 38.5 Å². The number of epoxide rings is 1. The van der Waals surface area contributed by atoms with Gasteiger partial charge in [0.05, 0.1) is 5.60 Å². The van der Waals surface area contributed by atoms with Crippen LogP contribution in [0, 0.1) is 0 Å². The smallest absolute Gasteiger partial charge is 0.134 e. The largest absolute Gasteiger partial charge is 0.357 e. The first-order valence-electron chi connectivity index (χ1n) is 7.04. The third-order valence-corrected chi connectivity index (χ3v) is 5.33. The van der Waals surface area contributed by atoms with E-state index in [1.165, 1.54) is 10.5 Å². The van der Waals surface area contributed by atoms with Crippen LogP contribution in [0.25, 0.3) is 0 Å². The van der Waals surface area contributed by atoms with Gasteiger partial charge >= 0.3 is 0 Å². The lowest BCUT2D eigenvalue weighted by molar-refractivity contribution is 0.275. The lowest BCUT2D eigenvalue weighted by Gasteiger charge is -2.23. The average molecular weight is 284 g/mol. The van der Waals surface area contributed by atoms with E-state index in [9.17, 15) is 0 Å². The van der Waals surface area contributed by atoms with Gasteiger partial charge in [0.2, 0.25) is 0 Å². The molecule has 2 aromatic carbocycles. The van der Waals surface area contributed by atoms with Crippen molar-refractivity contribution in [3.8, 4) is 0 Å². The maximum Gasteiger partial charge on any atom is 0.134 e. The zero-order valence-corrected chi connectivity index (χ0v) is 13.0. The summed E-state index contributed by atoms with van der Waals surface area (Å²) in [6.45, 7) is 6.63. The van der Waals surface area contributed by atoms with E-state index in [1.54, 1.807) is 0 Å². The van der Waals surface area contributed by atoms with Crippen LogP contribution in [0.2, 0.25) is 0 Å². The van der Waals surface area contributed by atoms with Crippen molar-refractivity contribution < 1.29 is 4.74 Å². The van der Waals surface area contributed by atoms with Gasteiger partial charge in [-0.2, -0.15) is 0 Å². The van der Waals surface area contributed by atoms with E-state index in [0.29, 0.717) is 5.25 Å². The molecule has 2 atom stereocenters. The molecular formula is C18H20OS. The monoisotopic (exact) mass is 284 g/mol. The lowest BCUT2D eigenvalue weighted by atomic mass is 9.86. The fraction of sp³-hybridized carbons (Fsp3) is 0.333. The summed E-state index contributed by atoms with van der Waals surface area (Å²) in [5.74, 6) is 0. The molecule has 1 aliphatic heterocycles. The molecule has 0 radical (unpaired) electrons. The molecule has 0 spiro atoms. The Morgan fingerprint density at radius 3 is 1.90 bits per heavy atom. The van der Waals surface area contributed by atoms with Crippen LogP contribution in [0.3, 0.4) is 0 Å². The summed E-state index contributed by atoms with van der Waals surface area (Å²) in [5.41, 5.74) is 0.991. The highest BCUT2D eigenvalue weighted by molar-refractivity contribution is 8.00. The average Bonchev–Trinajstić information content (AvgIpc) is 3.05. The molecule has 1 heterocycles. The van der Waals surface area contributed by atoms with E-state index in [-0.39, 0.29) is 11.2 Å². The summed E-state index contributed by atoms with van der Waals surface area (Å²) in [6.07, 6.45) is 0. The van der Waals surface area contributed by atoms with Gasteiger partial charge < -0.3 is 4.74 Å². The van der Waals surface area contributed by atoms with Gasteiger partial charge in [-0.15, -0.1) is 11.8 Å². The van der Waals surface area contributed by atoms with E-state index in [0.717, 1.165) is 0 Å². The molecule has 0 bridgehead atoms. The molecule has 1 fully saturated rings. The Balaban J connectivity index is 1.89. The summed E-state index contributed by atoms with van der Waals surface area (Å²) in [4.78, 5) is 1.29. The van der Waals surface area contributed by atoms with Gasteiger partial charge in [0.25, 0.3) is 0 Å². The second-order valence-electron chi connectivity index (χ2n) is 5.79. The van der Waals surface area contributed by atoms with Crippen molar-refractivity contribution in [2.75, 3.05) is 0 Å². The lowest BCUT2D eigenvalue weighted by Crippen LogP contribution is -2.28. The molecule has 0 aliphatic carbocycles. The minimum absolute atomic E-state index is 0.102. The van der Waals surface area contributed by atoms with E-state index >= 15 is 0 Å². The number of hydrogen-bond acceptors (Lipinski definition) is 2. The molecular weight excluding hydrogens is 264 g/mol. The first kappa shape index (κ1) is 13.7. The quantitative estimate of drug-likeness (QED) is 0.586. The Morgan fingerprint density at radius 2 is 1.40 bits per heavy atom. The van der Waals surface area contributed by atoms with Crippen LogP contribution in [-0.4, -0.2) is 10.9 Å². The first-order valence-corrected chi connectivity index (χ1v) is 7.92. The highest BCUT2D eigenvalue weighted by Gasteiger charge is 2.67. The third-order valence-electron chi connectivity index (χ3n) is 4.10. The molecule has 0 N–H and O–H groups in total. The number of ether oxygens (including phenoxy) is 1. The molecule has 3 rings (SSSR count). The highest BCUT2D eigenvalue weighted by Crippen LogP contribution is 2.61. The van der Waals surface area contributed by atoms with Crippen LogP contribution in [0.5, 0.6) is 0 Å². The highest BCUT2D eigenvalue weighted by atomic mass is 32.2. The Bertz CT molecular complexity index is 579. The van der Waals surface area contributed by atoms with Gasteiger partial charge in [0.15, 0.2) is 0 Å². The van der Waals surface area contributed by atoms with Crippen LogP contribution >= 0.6 is 11.8 Å². The van der Waals surface area contributed by atoms with Crippen LogP contribution in [0.4, 0.5) is 0 Å². The third kappa shape index (κ3) is 2.17. The molecule has 1 unspecified atom stereocenters. The number of thioether (sulfide) groups is 1. The number of rotatable bonds is 4. The zero-order valence-electron chi connectivity index (χ0n) is 12.2. The SMILES string of the molecule is C[C@H](Sc1ccccc1)C1(c2ccccc2)OC1(C)C. The van der Waals surface area contributed by atoms with Crippen molar-refractivity contribution in [1.82, 2.24) is 0 Å². The molecule has 2 heteroatoms. The van der Waals surface area contributed by atoms with Gasteiger partial charge in [0.1, 0.15) is 5.60 Å². The number of benzene rings is 2. The fourth-order valence-corrected chi connectivity index (χ4v) is 4.42. The van der Waals surface area contributed by atoms with Crippen molar-refractivity contribution in [3.05, 3.63) is 66.2 Å². The summed E-state index contributed by atoms with van der Waals surface area (Å²) >= 11 is 1.89. The molecule has 1 nitrogen and oxygen atoms in total. The molecule has 2 aromatic rings. The van der Waals surface area contributed by atoms with Gasteiger partial charge in [0, 0.05) is 10.1 Å². The van der Waals surface area contributed by atoms with Gasteiger partial charge in [-0.1, -0.05) is 48.5 Å². The van der Waals surface area contributed by atoms with Crippen LogP contribution < -0.4 is 0 Å². The maximum absolute atomic E-state index is 6.19. The Morgan fingerprint density at radius 1 is 0.900 bits per heavy atom. The maximum atomic E-state index is 6.19. The molecule has 104 valence electrons. The van der Waals surface area contributed by atoms with Crippen LogP contribution in [-0.2, 0) is 10.3 Å².